The molecule has 0 saturated carbocycles. The highest BCUT2D eigenvalue weighted by atomic mass is 28.4. The molecule has 34 heavy (non-hydrogen) atoms. The fourth-order valence-electron chi connectivity index (χ4n) is 3.34. The number of ether oxygens (including phenoxy) is 2. The molecule has 0 N–H and O–H groups in total. The average Bonchev–Trinajstić information content (AvgIpc) is 2.70. The van der Waals surface area contributed by atoms with Gasteiger partial charge in [0, 0.05) is 0 Å². The zero-order chi connectivity index (χ0) is 25.6. The van der Waals surface area contributed by atoms with E-state index >= 15 is 0 Å². The van der Waals surface area contributed by atoms with Gasteiger partial charge in [-0.3, -0.25) is 0 Å². The smallest absolute Gasteiger partial charge is 0.192 e. The Hall–Kier alpha value is -0.766. The first kappa shape index (κ1) is 29.5. The Labute approximate surface area is 211 Å². The van der Waals surface area contributed by atoms with Gasteiger partial charge in [-0.2, -0.15) is 0 Å². The van der Waals surface area contributed by atoms with Crippen LogP contribution in [-0.2, 0) is 24.9 Å². The summed E-state index contributed by atoms with van der Waals surface area (Å²) >= 11 is 0. The van der Waals surface area contributed by atoms with Crippen molar-refractivity contribution in [2.24, 2.45) is 0 Å². The lowest BCUT2D eigenvalue weighted by Crippen LogP contribution is -2.51. The zero-order valence-electron chi connectivity index (χ0n) is 23.4. The van der Waals surface area contributed by atoms with E-state index in [9.17, 15) is 0 Å². The van der Waals surface area contributed by atoms with Crippen LogP contribution in [0.1, 0.15) is 59.9 Å². The van der Waals surface area contributed by atoms with Gasteiger partial charge < -0.3 is 18.3 Å². The summed E-state index contributed by atoms with van der Waals surface area (Å²) in [5.41, 5.74) is 1.18. The quantitative estimate of drug-likeness (QED) is 0.254. The van der Waals surface area contributed by atoms with Gasteiger partial charge in [-0.1, -0.05) is 84.0 Å². The molecule has 0 radical (unpaired) electrons. The monoisotopic (exact) mass is 506 g/mol. The van der Waals surface area contributed by atoms with E-state index in [4.69, 9.17) is 18.3 Å². The Morgan fingerprint density at radius 3 is 2.00 bits per heavy atom. The van der Waals surface area contributed by atoms with Crippen molar-refractivity contribution in [3.05, 3.63) is 48.0 Å². The van der Waals surface area contributed by atoms with Crippen LogP contribution in [0.5, 0.6) is 0 Å². The summed E-state index contributed by atoms with van der Waals surface area (Å²) in [6.45, 7) is 24.7. The summed E-state index contributed by atoms with van der Waals surface area (Å²) in [7, 11) is -3.87. The SMILES string of the molecule is CC(C)(C)[Si](C)(C)OC[C@@H]1O[C@@H](COCc2ccccc2)C/C=C\C[C@@H]1O[Si](C)(C)C(C)(C)C. The second-order valence-electron chi connectivity index (χ2n) is 12.7. The molecule has 1 aromatic rings. The molecule has 1 aliphatic heterocycles. The molecule has 0 saturated heterocycles. The first-order chi connectivity index (χ1) is 15.6. The zero-order valence-corrected chi connectivity index (χ0v) is 25.4. The molecule has 2 rings (SSSR count). The summed E-state index contributed by atoms with van der Waals surface area (Å²) < 4.78 is 26.4. The van der Waals surface area contributed by atoms with Crippen molar-refractivity contribution in [3.8, 4) is 0 Å². The second kappa shape index (κ2) is 12.0. The van der Waals surface area contributed by atoms with E-state index in [1.54, 1.807) is 0 Å². The molecule has 1 aliphatic rings. The van der Waals surface area contributed by atoms with Crippen LogP contribution in [0.15, 0.2) is 42.5 Å². The second-order valence-corrected chi connectivity index (χ2v) is 22.3. The number of rotatable bonds is 9. The van der Waals surface area contributed by atoms with Crippen molar-refractivity contribution in [1.82, 2.24) is 0 Å². The third-order valence-electron chi connectivity index (χ3n) is 7.80. The third-order valence-corrected chi connectivity index (χ3v) is 16.8. The largest absolute Gasteiger partial charge is 0.414 e. The van der Waals surface area contributed by atoms with Crippen molar-refractivity contribution >= 4 is 16.6 Å². The van der Waals surface area contributed by atoms with E-state index < -0.39 is 16.6 Å². The molecule has 1 aromatic carbocycles. The van der Waals surface area contributed by atoms with Crippen LogP contribution in [0.2, 0.25) is 36.3 Å². The Kier molecular flexibility index (Phi) is 10.4. The maximum absolute atomic E-state index is 6.92. The minimum atomic E-state index is -1.97. The fraction of sp³-hybridized carbons (Fsp3) is 0.714. The van der Waals surface area contributed by atoms with Gasteiger partial charge in [0.1, 0.15) is 6.10 Å². The van der Waals surface area contributed by atoms with Crippen LogP contribution >= 0.6 is 0 Å². The van der Waals surface area contributed by atoms with Crippen LogP contribution in [0.25, 0.3) is 0 Å². The van der Waals surface area contributed by atoms with Crippen molar-refractivity contribution in [3.63, 3.8) is 0 Å². The fourth-order valence-corrected chi connectivity index (χ4v) is 5.72. The van der Waals surface area contributed by atoms with Gasteiger partial charge in [0.15, 0.2) is 16.6 Å². The third kappa shape index (κ3) is 8.72. The Morgan fingerprint density at radius 2 is 1.41 bits per heavy atom. The first-order valence-electron chi connectivity index (χ1n) is 12.9. The molecule has 0 aromatic heterocycles. The van der Waals surface area contributed by atoms with E-state index in [2.05, 4.69) is 92.0 Å². The summed E-state index contributed by atoms with van der Waals surface area (Å²) in [5.74, 6) is 0. The minimum absolute atomic E-state index is 0.0150. The average molecular weight is 507 g/mol. The lowest BCUT2D eigenvalue weighted by molar-refractivity contribution is -0.113. The van der Waals surface area contributed by atoms with Crippen LogP contribution in [0, 0.1) is 0 Å². The van der Waals surface area contributed by atoms with Crippen molar-refractivity contribution in [2.75, 3.05) is 13.2 Å². The van der Waals surface area contributed by atoms with E-state index in [0.29, 0.717) is 19.8 Å². The molecular formula is C28H50O4Si2. The van der Waals surface area contributed by atoms with Crippen molar-refractivity contribution in [2.45, 2.75) is 116 Å². The standard InChI is InChI=1S/C28H50O4Si2/c1-27(2,3)33(7,8)30-22-26-25(32-34(9,10)28(4,5)6)19-15-14-18-24(31-26)21-29-20-23-16-12-11-13-17-23/h11-17,24-26H,18-22H2,1-10H3/b15-14-/t24-,25+,26+/m1/s1. The molecule has 4 nitrogen and oxygen atoms in total. The molecule has 0 bridgehead atoms. The van der Waals surface area contributed by atoms with Crippen LogP contribution < -0.4 is 0 Å². The maximum atomic E-state index is 6.92. The lowest BCUT2D eigenvalue weighted by Gasteiger charge is -2.43. The van der Waals surface area contributed by atoms with Gasteiger partial charge in [0.05, 0.1) is 32.0 Å². The lowest BCUT2D eigenvalue weighted by atomic mass is 10.1. The van der Waals surface area contributed by atoms with Gasteiger partial charge in [0.25, 0.3) is 0 Å². The molecular weight excluding hydrogens is 456 g/mol. The van der Waals surface area contributed by atoms with E-state index in [1.165, 1.54) is 5.56 Å². The van der Waals surface area contributed by atoms with Crippen LogP contribution in [0.4, 0.5) is 0 Å². The summed E-state index contributed by atoms with van der Waals surface area (Å²) in [6.07, 6.45) is 6.05. The maximum Gasteiger partial charge on any atom is 0.192 e. The van der Waals surface area contributed by atoms with Gasteiger partial charge in [-0.05, 0) is 54.7 Å². The highest BCUT2D eigenvalue weighted by molar-refractivity contribution is 6.74. The summed E-state index contributed by atoms with van der Waals surface area (Å²) in [5, 5.41) is 0.296. The Bertz CT molecular complexity index is 763. The van der Waals surface area contributed by atoms with Crippen LogP contribution in [0.3, 0.4) is 0 Å². The molecule has 3 atom stereocenters. The van der Waals surface area contributed by atoms with Gasteiger partial charge in [-0.25, -0.2) is 0 Å². The summed E-state index contributed by atoms with van der Waals surface area (Å²) in [6, 6.07) is 10.3. The molecule has 6 heteroatoms. The normalized spacial score (nSPS) is 23.9. The van der Waals surface area contributed by atoms with Gasteiger partial charge in [0.2, 0.25) is 0 Å². The van der Waals surface area contributed by atoms with E-state index in [-0.39, 0.29) is 28.4 Å². The van der Waals surface area contributed by atoms with Crippen LogP contribution in [-0.4, -0.2) is 48.2 Å². The molecule has 0 fully saturated rings. The number of hydrogen-bond donors (Lipinski definition) is 0. The number of hydrogen-bond acceptors (Lipinski definition) is 4. The molecule has 0 amide bonds. The van der Waals surface area contributed by atoms with E-state index in [0.717, 1.165) is 12.8 Å². The Balaban J connectivity index is 2.16. The van der Waals surface area contributed by atoms with Crippen molar-refractivity contribution < 1.29 is 18.3 Å². The van der Waals surface area contributed by atoms with E-state index in [1.807, 2.05) is 18.2 Å². The number of benzene rings is 1. The molecule has 0 aliphatic carbocycles. The van der Waals surface area contributed by atoms with Gasteiger partial charge >= 0.3 is 0 Å². The molecule has 194 valence electrons. The topological polar surface area (TPSA) is 36.9 Å². The summed E-state index contributed by atoms with van der Waals surface area (Å²) in [4.78, 5) is 0. The predicted octanol–water partition coefficient (Wildman–Crippen LogP) is 7.72. The predicted molar refractivity (Wildman–Crippen MR) is 148 cm³/mol. The van der Waals surface area contributed by atoms with Crippen molar-refractivity contribution in [1.29, 1.82) is 0 Å². The Morgan fingerprint density at radius 1 is 0.824 bits per heavy atom. The van der Waals surface area contributed by atoms with Gasteiger partial charge in [-0.15, -0.1) is 0 Å². The molecule has 0 unspecified atom stereocenters. The highest BCUT2D eigenvalue weighted by Crippen LogP contribution is 2.40. The minimum Gasteiger partial charge on any atom is -0.414 e. The molecule has 0 spiro atoms. The molecule has 1 heterocycles. The first-order valence-corrected chi connectivity index (χ1v) is 18.7. The highest BCUT2D eigenvalue weighted by Gasteiger charge is 2.43.